The highest BCUT2D eigenvalue weighted by Crippen LogP contribution is 2.21. The summed E-state index contributed by atoms with van der Waals surface area (Å²) in [6.45, 7) is 11.4. The second-order valence-electron chi connectivity index (χ2n) is 9.72. The fourth-order valence-corrected chi connectivity index (χ4v) is 5.58. The van der Waals surface area contributed by atoms with Crippen LogP contribution in [-0.4, -0.2) is 78.0 Å². The Balaban J connectivity index is 1.15. The van der Waals surface area contributed by atoms with Gasteiger partial charge in [-0.1, -0.05) is 12.1 Å². The summed E-state index contributed by atoms with van der Waals surface area (Å²) in [5, 5.41) is 2.00. The maximum Gasteiger partial charge on any atom is 0.252 e. The van der Waals surface area contributed by atoms with Gasteiger partial charge in [-0.25, -0.2) is 4.98 Å². The molecule has 0 atom stereocenters. The molecule has 1 aromatic carbocycles. The monoisotopic (exact) mass is 506 g/mol. The van der Waals surface area contributed by atoms with Gasteiger partial charge in [0.15, 0.2) is 0 Å². The summed E-state index contributed by atoms with van der Waals surface area (Å²) in [6, 6.07) is 12.3. The van der Waals surface area contributed by atoms with Crippen molar-refractivity contribution in [1.82, 2.24) is 19.8 Å². The van der Waals surface area contributed by atoms with E-state index in [9.17, 15) is 9.59 Å². The van der Waals surface area contributed by atoms with Crippen LogP contribution in [0.2, 0.25) is 0 Å². The fraction of sp³-hybridized carbons (Fsp3) is 0.444. The Kier molecular flexibility index (Phi) is 7.38. The van der Waals surface area contributed by atoms with E-state index in [0.29, 0.717) is 45.1 Å². The minimum atomic E-state index is -0.125. The Morgan fingerprint density at radius 3 is 2.39 bits per heavy atom. The molecule has 36 heavy (non-hydrogen) atoms. The maximum absolute atomic E-state index is 12.6. The van der Waals surface area contributed by atoms with Crippen molar-refractivity contribution in [3.05, 3.63) is 73.8 Å². The van der Waals surface area contributed by atoms with Crippen LogP contribution in [0.4, 0.5) is 11.6 Å². The number of amides is 1. The predicted molar refractivity (Wildman–Crippen MR) is 145 cm³/mol. The van der Waals surface area contributed by atoms with Crippen LogP contribution in [0.1, 0.15) is 21.7 Å². The van der Waals surface area contributed by atoms with Crippen LogP contribution >= 0.6 is 11.3 Å². The van der Waals surface area contributed by atoms with Gasteiger partial charge in [-0.05, 0) is 48.6 Å². The Morgan fingerprint density at radius 1 is 0.944 bits per heavy atom. The largest absolute Gasteiger partial charge is 0.369 e. The zero-order valence-electron chi connectivity index (χ0n) is 21.1. The van der Waals surface area contributed by atoms with Gasteiger partial charge in [-0.15, -0.1) is 11.3 Å². The molecule has 2 fully saturated rings. The van der Waals surface area contributed by atoms with Gasteiger partial charge in [0, 0.05) is 75.5 Å². The third-order valence-corrected chi connectivity index (χ3v) is 8.11. The van der Waals surface area contributed by atoms with Gasteiger partial charge in [0.05, 0.1) is 12.1 Å². The molecule has 190 valence electrons. The van der Waals surface area contributed by atoms with Crippen LogP contribution < -0.4 is 15.4 Å². The third-order valence-electron chi connectivity index (χ3n) is 7.23. The molecule has 2 aliphatic rings. The van der Waals surface area contributed by atoms with E-state index in [0.717, 1.165) is 36.8 Å². The molecular formula is C27H34N6O2S. The average molecular weight is 507 g/mol. The zero-order chi connectivity index (χ0) is 25.1. The van der Waals surface area contributed by atoms with E-state index in [-0.39, 0.29) is 11.5 Å². The van der Waals surface area contributed by atoms with Crippen LogP contribution in [0.15, 0.2) is 46.6 Å². The van der Waals surface area contributed by atoms with Crippen molar-refractivity contribution in [2.24, 2.45) is 0 Å². The first kappa shape index (κ1) is 24.5. The first-order chi connectivity index (χ1) is 17.4. The first-order valence-electron chi connectivity index (χ1n) is 12.6. The number of thiophene rings is 1. The number of hydrogen-bond donors (Lipinski definition) is 1. The van der Waals surface area contributed by atoms with Crippen molar-refractivity contribution in [2.45, 2.75) is 26.8 Å². The lowest BCUT2D eigenvalue weighted by Crippen LogP contribution is -2.50. The predicted octanol–water partition coefficient (Wildman–Crippen LogP) is 2.66. The molecule has 0 radical (unpaired) electrons. The highest BCUT2D eigenvalue weighted by molar-refractivity contribution is 7.10. The van der Waals surface area contributed by atoms with Gasteiger partial charge in [0.25, 0.3) is 5.56 Å². The van der Waals surface area contributed by atoms with E-state index in [2.05, 4.69) is 51.7 Å². The van der Waals surface area contributed by atoms with Gasteiger partial charge in [0.2, 0.25) is 11.9 Å². The summed E-state index contributed by atoms with van der Waals surface area (Å²) in [4.78, 5) is 42.6. The molecule has 9 heteroatoms. The number of H-pyrrole nitrogens is 1. The molecule has 0 bridgehead atoms. The summed E-state index contributed by atoms with van der Waals surface area (Å²) < 4.78 is 0. The second-order valence-corrected chi connectivity index (χ2v) is 10.7. The molecule has 4 heterocycles. The molecule has 8 nitrogen and oxygen atoms in total. The molecule has 0 unspecified atom stereocenters. The molecule has 0 saturated carbocycles. The molecule has 0 aliphatic carbocycles. The number of nitrogens with one attached hydrogen (secondary N) is 1. The first-order valence-corrected chi connectivity index (χ1v) is 13.5. The van der Waals surface area contributed by atoms with E-state index < -0.39 is 0 Å². The number of aromatic amines is 1. The Bertz CT molecular complexity index is 1240. The number of piperazine rings is 2. The van der Waals surface area contributed by atoms with Crippen molar-refractivity contribution < 1.29 is 4.79 Å². The maximum atomic E-state index is 12.6. The van der Waals surface area contributed by atoms with E-state index in [1.807, 2.05) is 22.4 Å². The molecule has 3 aromatic rings. The summed E-state index contributed by atoms with van der Waals surface area (Å²) in [5.74, 6) is 0.767. The van der Waals surface area contributed by atoms with Crippen LogP contribution in [0, 0.1) is 13.8 Å². The highest BCUT2D eigenvalue weighted by Gasteiger charge is 2.24. The van der Waals surface area contributed by atoms with Crippen LogP contribution in [-0.2, 0) is 17.8 Å². The van der Waals surface area contributed by atoms with Gasteiger partial charge in [-0.3, -0.25) is 19.5 Å². The Hall–Kier alpha value is -3.17. The molecule has 2 aliphatic heterocycles. The second kappa shape index (κ2) is 10.8. The van der Waals surface area contributed by atoms with Crippen LogP contribution in [0.3, 0.4) is 0 Å². The van der Waals surface area contributed by atoms with Crippen molar-refractivity contribution in [3.63, 3.8) is 0 Å². The summed E-state index contributed by atoms with van der Waals surface area (Å²) in [6.07, 6.45) is 0.457. The number of rotatable bonds is 6. The molecule has 2 saturated heterocycles. The Labute approximate surface area is 216 Å². The standard InChI is InChI=1S/C27H34N6O2S/c1-20-5-6-23(16-21(20)2)31-9-7-30(8-10-31)19-22-17-25(34)29-27(28-22)33-13-11-32(12-14-33)26(35)18-24-4-3-15-36-24/h3-6,15-17H,7-14,18-19H2,1-2H3,(H,28,29,34). The minimum Gasteiger partial charge on any atom is -0.369 e. The molecule has 1 N–H and O–H groups in total. The van der Waals surface area contributed by atoms with Crippen molar-refractivity contribution >= 4 is 28.9 Å². The average Bonchev–Trinajstić information content (AvgIpc) is 3.39. The number of anilines is 2. The van der Waals surface area contributed by atoms with Crippen molar-refractivity contribution in [3.8, 4) is 0 Å². The number of carbonyl (C=O) groups excluding carboxylic acids is 1. The summed E-state index contributed by atoms with van der Waals surface area (Å²) in [5.41, 5.74) is 4.59. The van der Waals surface area contributed by atoms with E-state index in [1.54, 1.807) is 17.4 Å². The topological polar surface area (TPSA) is 75.8 Å². The fourth-order valence-electron chi connectivity index (χ4n) is 4.88. The molecule has 0 spiro atoms. The quantitative estimate of drug-likeness (QED) is 0.554. The summed E-state index contributed by atoms with van der Waals surface area (Å²) >= 11 is 1.62. The SMILES string of the molecule is Cc1ccc(N2CCN(Cc3cc(=O)[nH]c(N4CCN(C(=O)Cc5cccs5)CC4)n3)CC2)cc1C. The van der Waals surface area contributed by atoms with E-state index in [4.69, 9.17) is 4.98 Å². The molecular weight excluding hydrogens is 472 g/mol. The van der Waals surface area contributed by atoms with Gasteiger partial charge >= 0.3 is 0 Å². The van der Waals surface area contributed by atoms with Gasteiger partial charge < -0.3 is 14.7 Å². The van der Waals surface area contributed by atoms with Crippen LogP contribution in [0.5, 0.6) is 0 Å². The number of hydrogen-bond acceptors (Lipinski definition) is 7. The third kappa shape index (κ3) is 5.79. The highest BCUT2D eigenvalue weighted by atomic mass is 32.1. The zero-order valence-corrected chi connectivity index (χ0v) is 21.9. The lowest BCUT2D eigenvalue weighted by molar-refractivity contribution is -0.130. The molecule has 2 aromatic heterocycles. The van der Waals surface area contributed by atoms with Gasteiger partial charge in [-0.2, -0.15) is 0 Å². The van der Waals surface area contributed by atoms with Crippen molar-refractivity contribution in [1.29, 1.82) is 0 Å². The smallest absolute Gasteiger partial charge is 0.252 e. The molecule has 5 rings (SSSR count). The van der Waals surface area contributed by atoms with E-state index in [1.165, 1.54) is 16.8 Å². The van der Waals surface area contributed by atoms with Gasteiger partial charge in [0.1, 0.15) is 0 Å². The lowest BCUT2D eigenvalue weighted by atomic mass is 10.1. The summed E-state index contributed by atoms with van der Waals surface area (Å²) in [7, 11) is 0. The number of nitrogens with zero attached hydrogens (tertiary/aromatic N) is 5. The number of aromatic nitrogens is 2. The number of benzene rings is 1. The molecule has 1 amide bonds. The normalized spacial score (nSPS) is 17.0. The van der Waals surface area contributed by atoms with E-state index >= 15 is 0 Å². The number of aryl methyl sites for hydroxylation is 2. The van der Waals surface area contributed by atoms with Crippen LogP contribution in [0.25, 0.3) is 0 Å². The number of carbonyl (C=O) groups is 1. The van der Waals surface area contributed by atoms with Crippen molar-refractivity contribution in [2.75, 3.05) is 62.2 Å². The Morgan fingerprint density at radius 2 is 1.69 bits per heavy atom. The lowest BCUT2D eigenvalue weighted by Gasteiger charge is -2.36. The minimum absolute atomic E-state index is 0.125.